The molecule has 5 aromatic rings. The molecule has 0 aliphatic heterocycles. The van der Waals surface area contributed by atoms with Crippen molar-refractivity contribution in [1.82, 2.24) is 0 Å². The molecule has 0 saturated carbocycles. The lowest BCUT2D eigenvalue weighted by atomic mass is 9.70. The Morgan fingerprint density at radius 3 is 1.92 bits per heavy atom. The van der Waals surface area contributed by atoms with Gasteiger partial charge in [-0.1, -0.05) is 138 Å². The number of unbranched alkanes of at least 4 members (excludes halogenated alkanes) is 6. The monoisotopic (exact) mass is 646 g/mol. The van der Waals surface area contributed by atoms with Crippen molar-refractivity contribution >= 4 is 39.9 Å². The summed E-state index contributed by atoms with van der Waals surface area (Å²) in [6.07, 6.45) is 13.0. The lowest BCUT2D eigenvalue weighted by Gasteiger charge is -2.34. The number of benzene rings is 5. The topological polar surface area (TPSA) is 64.3 Å². The number of carboxylic acid groups (broad SMARTS) is 1. The fraction of sp³-hybridized carbons (Fsp3) is 0.289. The molecule has 1 aliphatic rings. The Morgan fingerprint density at radius 1 is 0.673 bits per heavy atom. The van der Waals surface area contributed by atoms with Gasteiger partial charge in [-0.05, 0) is 93.9 Å². The minimum atomic E-state index is -1.20. The maximum Gasteiger partial charge on any atom is 0.346 e. The van der Waals surface area contributed by atoms with Crippen molar-refractivity contribution in [3.8, 4) is 17.2 Å². The first-order valence-corrected chi connectivity index (χ1v) is 18.0. The molecule has 0 aromatic heterocycles. The van der Waals surface area contributed by atoms with Gasteiger partial charge in [-0.3, -0.25) is 0 Å². The van der Waals surface area contributed by atoms with Crippen LogP contribution < -0.4 is 4.90 Å². The molecule has 0 bridgehead atoms. The van der Waals surface area contributed by atoms with Gasteiger partial charge in [0, 0.05) is 22.5 Å². The van der Waals surface area contributed by atoms with E-state index in [1.807, 2.05) is 12.1 Å². The number of nitriles is 1. The Bertz CT molecular complexity index is 1990. The van der Waals surface area contributed by atoms with Crippen LogP contribution in [-0.2, 0) is 10.2 Å². The molecule has 4 nitrogen and oxygen atoms in total. The second-order valence-corrected chi connectivity index (χ2v) is 13.4. The van der Waals surface area contributed by atoms with E-state index >= 15 is 0 Å². The van der Waals surface area contributed by atoms with Crippen molar-refractivity contribution in [2.24, 2.45) is 0 Å². The number of rotatable bonds is 15. The third-order valence-electron chi connectivity index (χ3n) is 10.2. The van der Waals surface area contributed by atoms with E-state index in [0.717, 1.165) is 48.3 Å². The quantitative estimate of drug-likeness (QED) is 0.0698. The van der Waals surface area contributed by atoms with Crippen molar-refractivity contribution < 1.29 is 9.90 Å². The van der Waals surface area contributed by atoms with Crippen LogP contribution in [0, 0.1) is 11.3 Å². The Labute approximate surface area is 291 Å². The summed E-state index contributed by atoms with van der Waals surface area (Å²) >= 11 is 0. The number of hydrogen-bond acceptors (Lipinski definition) is 3. The van der Waals surface area contributed by atoms with Crippen LogP contribution in [-0.4, -0.2) is 11.1 Å². The third kappa shape index (κ3) is 7.03. The summed E-state index contributed by atoms with van der Waals surface area (Å²) in [4.78, 5) is 14.2. The fourth-order valence-corrected chi connectivity index (χ4v) is 7.75. The molecule has 0 spiro atoms. The van der Waals surface area contributed by atoms with Crippen LogP contribution >= 0.6 is 0 Å². The predicted molar refractivity (Wildman–Crippen MR) is 204 cm³/mol. The van der Waals surface area contributed by atoms with E-state index in [1.165, 1.54) is 77.6 Å². The number of carbonyl (C=O) groups is 1. The molecule has 0 amide bonds. The van der Waals surface area contributed by atoms with Gasteiger partial charge in [0.15, 0.2) is 0 Å². The van der Waals surface area contributed by atoms with E-state index in [9.17, 15) is 15.2 Å². The van der Waals surface area contributed by atoms with E-state index in [2.05, 4.69) is 122 Å². The summed E-state index contributed by atoms with van der Waals surface area (Å²) < 4.78 is 0. The first kappa shape index (κ1) is 33.7. The van der Waals surface area contributed by atoms with Gasteiger partial charge in [-0.25, -0.2) is 4.79 Å². The number of aliphatic carboxylic acids is 1. The smallest absolute Gasteiger partial charge is 0.346 e. The van der Waals surface area contributed by atoms with Gasteiger partial charge in [0.25, 0.3) is 0 Å². The molecule has 248 valence electrons. The van der Waals surface area contributed by atoms with E-state index in [4.69, 9.17) is 0 Å². The summed E-state index contributed by atoms with van der Waals surface area (Å²) in [6.45, 7) is 4.51. The van der Waals surface area contributed by atoms with Gasteiger partial charge >= 0.3 is 5.97 Å². The van der Waals surface area contributed by atoms with Gasteiger partial charge in [0.2, 0.25) is 0 Å². The van der Waals surface area contributed by atoms with Gasteiger partial charge in [-0.15, -0.1) is 0 Å². The SMILES string of the molecule is CCCCCCC1(CCCCCC)c2cc(/C=C(\C#N)C(=O)O)ccc2-c2ccc(N(c3ccccc3)c3ccc4ccccc4c3)cc21. The largest absolute Gasteiger partial charge is 0.477 e. The third-order valence-corrected chi connectivity index (χ3v) is 10.2. The average molecular weight is 647 g/mol. The van der Waals surface area contributed by atoms with Crippen LogP contribution in [0.5, 0.6) is 0 Å². The highest BCUT2D eigenvalue weighted by molar-refractivity contribution is 5.97. The molecule has 4 heteroatoms. The Hall–Kier alpha value is -5.14. The van der Waals surface area contributed by atoms with Crippen molar-refractivity contribution in [2.75, 3.05) is 4.90 Å². The zero-order valence-electron chi connectivity index (χ0n) is 28.8. The summed E-state index contributed by atoms with van der Waals surface area (Å²) in [6, 6.07) is 41.0. The normalized spacial score (nSPS) is 13.1. The van der Waals surface area contributed by atoms with Gasteiger partial charge in [0.05, 0.1) is 0 Å². The van der Waals surface area contributed by atoms with Crippen molar-refractivity contribution in [1.29, 1.82) is 5.26 Å². The van der Waals surface area contributed by atoms with Gasteiger partial charge in [0.1, 0.15) is 11.6 Å². The molecule has 5 aromatic carbocycles. The summed E-state index contributed by atoms with van der Waals surface area (Å²) in [7, 11) is 0. The molecule has 1 N–H and O–H groups in total. The number of para-hydroxylation sites is 1. The van der Waals surface area contributed by atoms with E-state index in [1.54, 1.807) is 0 Å². The molecule has 0 fully saturated rings. The summed E-state index contributed by atoms with van der Waals surface area (Å²) in [5, 5.41) is 21.6. The first-order valence-electron chi connectivity index (χ1n) is 18.0. The maximum atomic E-state index is 11.8. The first-order chi connectivity index (χ1) is 24.0. The highest BCUT2D eigenvalue weighted by atomic mass is 16.4. The number of anilines is 3. The van der Waals surface area contributed by atoms with Crippen molar-refractivity contribution in [3.05, 3.63) is 131 Å². The van der Waals surface area contributed by atoms with Crippen LogP contribution in [0.1, 0.15) is 94.7 Å². The highest BCUT2D eigenvalue weighted by Crippen LogP contribution is 2.56. The zero-order chi connectivity index (χ0) is 34.2. The molecular weight excluding hydrogens is 601 g/mol. The molecule has 0 atom stereocenters. The zero-order valence-corrected chi connectivity index (χ0v) is 28.8. The summed E-state index contributed by atoms with van der Waals surface area (Å²) in [5.74, 6) is -1.20. The molecule has 0 unspecified atom stereocenters. The lowest BCUT2D eigenvalue weighted by Crippen LogP contribution is -2.26. The fourth-order valence-electron chi connectivity index (χ4n) is 7.75. The van der Waals surface area contributed by atoms with Crippen LogP contribution in [0.3, 0.4) is 0 Å². The van der Waals surface area contributed by atoms with E-state index in [0.29, 0.717) is 0 Å². The predicted octanol–water partition coefficient (Wildman–Crippen LogP) is 12.5. The second-order valence-electron chi connectivity index (χ2n) is 13.4. The van der Waals surface area contributed by atoms with E-state index in [-0.39, 0.29) is 11.0 Å². The molecule has 6 rings (SSSR count). The molecule has 0 saturated heterocycles. The summed E-state index contributed by atoms with van der Waals surface area (Å²) in [5.41, 5.74) is 8.74. The minimum absolute atomic E-state index is 0.215. The van der Waals surface area contributed by atoms with Crippen LogP contribution in [0.15, 0.2) is 115 Å². The van der Waals surface area contributed by atoms with Crippen LogP contribution in [0.4, 0.5) is 17.1 Å². The Balaban J connectivity index is 1.54. The van der Waals surface area contributed by atoms with Crippen molar-refractivity contribution in [3.63, 3.8) is 0 Å². The molecular formula is C45H46N2O2. The Kier molecular flexibility index (Phi) is 10.6. The second kappa shape index (κ2) is 15.4. The van der Waals surface area contributed by atoms with Crippen LogP contribution in [0.25, 0.3) is 28.0 Å². The number of fused-ring (bicyclic) bond motifs is 4. The average Bonchev–Trinajstić information content (AvgIpc) is 3.39. The van der Waals surface area contributed by atoms with Gasteiger partial charge < -0.3 is 10.0 Å². The van der Waals surface area contributed by atoms with Gasteiger partial charge in [-0.2, -0.15) is 5.26 Å². The molecule has 1 aliphatic carbocycles. The van der Waals surface area contributed by atoms with Crippen LogP contribution in [0.2, 0.25) is 0 Å². The van der Waals surface area contributed by atoms with E-state index < -0.39 is 5.97 Å². The minimum Gasteiger partial charge on any atom is -0.477 e. The molecule has 0 heterocycles. The number of carboxylic acids is 1. The maximum absolute atomic E-state index is 11.8. The number of hydrogen-bond donors (Lipinski definition) is 1. The van der Waals surface area contributed by atoms with Crippen molar-refractivity contribution in [2.45, 2.75) is 83.5 Å². The lowest BCUT2D eigenvalue weighted by molar-refractivity contribution is -0.132. The molecule has 0 radical (unpaired) electrons. The highest BCUT2D eigenvalue weighted by Gasteiger charge is 2.42. The standard InChI is InChI=1S/C45H46N2O2/c1-3-5-7-14-26-45(27-15-8-6-4-2)42-29-33(28-36(32-46)44(48)49)20-24-40(42)41-25-23-39(31-43(41)45)47(37-18-10-9-11-19-37)38-22-21-34-16-12-13-17-35(34)30-38/h9-13,16-25,28-31H,3-8,14-15,26-27H2,1-2H3,(H,48,49)/b36-28+. The Morgan fingerprint density at radius 2 is 1.27 bits per heavy atom. The number of nitrogens with zero attached hydrogens (tertiary/aromatic N) is 2. The molecule has 49 heavy (non-hydrogen) atoms.